The van der Waals surface area contributed by atoms with E-state index in [9.17, 15) is 9.59 Å². The molecule has 2 aromatic rings. The van der Waals surface area contributed by atoms with Crippen LogP contribution in [0.1, 0.15) is 56.8 Å². The molecule has 0 atom stereocenters. The molecular formula is C24H24O4. The molecule has 0 N–H and O–H groups in total. The number of fused-ring (bicyclic) bond motifs is 2. The molecule has 1 aliphatic carbocycles. The van der Waals surface area contributed by atoms with Crippen molar-refractivity contribution in [2.75, 3.05) is 13.2 Å². The van der Waals surface area contributed by atoms with Crippen molar-refractivity contribution in [3.8, 4) is 11.5 Å². The summed E-state index contributed by atoms with van der Waals surface area (Å²) in [5, 5.41) is 0. The largest absolute Gasteiger partial charge is 0.493 e. The first kappa shape index (κ1) is 19.6. The highest BCUT2D eigenvalue weighted by atomic mass is 16.5. The monoisotopic (exact) mass is 376 g/mol. The molecule has 0 aliphatic heterocycles. The van der Waals surface area contributed by atoms with Gasteiger partial charge in [0.25, 0.3) is 0 Å². The third kappa shape index (κ3) is 3.05. The van der Waals surface area contributed by atoms with Crippen molar-refractivity contribution in [2.24, 2.45) is 0 Å². The van der Waals surface area contributed by atoms with Gasteiger partial charge in [-0.3, -0.25) is 9.59 Å². The van der Waals surface area contributed by atoms with Gasteiger partial charge >= 0.3 is 0 Å². The molecule has 4 heteroatoms. The van der Waals surface area contributed by atoms with E-state index < -0.39 is 0 Å². The zero-order valence-electron chi connectivity index (χ0n) is 16.3. The van der Waals surface area contributed by atoms with Gasteiger partial charge < -0.3 is 9.47 Å². The summed E-state index contributed by atoms with van der Waals surface area (Å²) in [5.41, 5.74) is 3.00. The van der Waals surface area contributed by atoms with E-state index in [0.717, 1.165) is 11.1 Å². The van der Waals surface area contributed by atoms with Crippen LogP contribution in [0.4, 0.5) is 0 Å². The van der Waals surface area contributed by atoms with E-state index in [-0.39, 0.29) is 11.6 Å². The van der Waals surface area contributed by atoms with Gasteiger partial charge in [-0.25, -0.2) is 0 Å². The molecule has 0 radical (unpaired) electrons. The molecule has 3 rings (SSSR count). The normalized spacial score (nSPS) is 12.2. The van der Waals surface area contributed by atoms with Gasteiger partial charge in [0.1, 0.15) is 11.5 Å². The van der Waals surface area contributed by atoms with E-state index in [0.29, 0.717) is 59.8 Å². The summed E-state index contributed by atoms with van der Waals surface area (Å²) >= 11 is 0. The number of hydrogen-bond donors (Lipinski definition) is 0. The molecule has 28 heavy (non-hydrogen) atoms. The molecule has 1 aliphatic rings. The van der Waals surface area contributed by atoms with Crippen LogP contribution in [0, 0.1) is 0 Å². The molecule has 4 nitrogen and oxygen atoms in total. The average molecular weight is 376 g/mol. The van der Waals surface area contributed by atoms with Crippen LogP contribution >= 0.6 is 0 Å². The lowest BCUT2D eigenvalue weighted by molar-refractivity contribution is 0.0972. The number of hydrogen-bond acceptors (Lipinski definition) is 4. The summed E-state index contributed by atoms with van der Waals surface area (Å²) in [7, 11) is 0. The molecule has 0 saturated carbocycles. The fourth-order valence-electron chi connectivity index (χ4n) is 3.71. The van der Waals surface area contributed by atoms with Crippen LogP contribution in [0.5, 0.6) is 11.5 Å². The van der Waals surface area contributed by atoms with E-state index in [1.165, 1.54) is 0 Å². The Bertz CT molecular complexity index is 891. The maximum absolute atomic E-state index is 13.4. The molecule has 0 fully saturated rings. The minimum atomic E-state index is -0.218. The number of ether oxygens (including phenoxy) is 2. The Kier molecular flexibility index (Phi) is 5.78. The zero-order valence-corrected chi connectivity index (χ0v) is 16.3. The highest BCUT2D eigenvalue weighted by Crippen LogP contribution is 2.44. The van der Waals surface area contributed by atoms with Crippen LogP contribution in [-0.4, -0.2) is 24.8 Å². The Balaban J connectivity index is 2.46. The van der Waals surface area contributed by atoms with Gasteiger partial charge in [-0.05, 0) is 26.7 Å². The van der Waals surface area contributed by atoms with Crippen molar-refractivity contribution < 1.29 is 19.1 Å². The summed E-state index contributed by atoms with van der Waals surface area (Å²) < 4.78 is 11.9. The van der Waals surface area contributed by atoms with Crippen molar-refractivity contribution >= 4 is 11.6 Å². The van der Waals surface area contributed by atoms with Crippen LogP contribution in [-0.2, 0) is 12.8 Å². The van der Waals surface area contributed by atoms with Gasteiger partial charge in [-0.1, -0.05) is 36.4 Å². The Morgan fingerprint density at radius 1 is 0.786 bits per heavy atom. The minimum absolute atomic E-state index is 0.218. The van der Waals surface area contributed by atoms with Gasteiger partial charge in [-0.15, -0.1) is 13.2 Å². The van der Waals surface area contributed by atoms with Gasteiger partial charge in [0.05, 0.1) is 24.3 Å². The van der Waals surface area contributed by atoms with E-state index in [4.69, 9.17) is 9.47 Å². The number of allylic oxidation sites excluding steroid dienone is 2. The first-order valence-electron chi connectivity index (χ1n) is 9.48. The maximum Gasteiger partial charge on any atom is 0.198 e. The molecule has 144 valence electrons. The third-order valence-electron chi connectivity index (χ3n) is 4.76. The smallest absolute Gasteiger partial charge is 0.198 e. The number of rotatable bonds is 8. The first-order valence-corrected chi connectivity index (χ1v) is 9.48. The van der Waals surface area contributed by atoms with Gasteiger partial charge in [-0.2, -0.15) is 0 Å². The molecule has 0 spiro atoms. The average Bonchev–Trinajstić information content (AvgIpc) is 2.70. The summed E-state index contributed by atoms with van der Waals surface area (Å²) in [4.78, 5) is 26.8. The van der Waals surface area contributed by atoms with Crippen molar-refractivity contribution in [1.29, 1.82) is 0 Å². The molecule has 0 bridgehead atoms. The fraction of sp³-hybridized carbons (Fsp3) is 0.250. The lowest BCUT2D eigenvalue weighted by Crippen LogP contribution is -2.25. The molecule has 0 saturated heterocycles. The maximum atomic E-state index is 13.4. The SMILES string of the molecule is C=CCc1c(CC=C)c(OCC)c2c(c1OCC)C(=O)c1ccccc1C2=O. The quantitative estimate of drug-likeness (QED) is 0.534. The van der Waals surface area contributed by atoms with Crippen LogP contribution in [0.15, 0.2) is 49.6 Å². The van der Waals surface area contributed by atoms with E-state index in [2.05, 4.69) is 13.2 Å². The molecular weight excluding hydrogens is 352 g/mol. The zero-order chi connectivity index (χ0) is 20.3. The lowest BCUT2D eigenvalue weighted by atomic mass is 9.79. The summed E-state index contributed by atoms with van der Waals surface area (Å²) in [5.74, 6) is 0.464. The van der Waals surface area contributed by atoms with Crippen LogP contribution in [0.2, 0.25) is 0 Å². The van der Waals surface area contributed by atoms with E-state index in [1.54, 1.807) is 36.4 Å². The Morgan fingerprint density at radius 2 is 1.18 bits per heavy atom. The Labute approximate surface area is 165 Å². The van der Waals surface area contributed by atoms with Crippen LogP contribution < -0.4 is 9.47 Å². The predicted octanol–water partition coefficient (Wildman–Crippen LogP) is 4.72. The van der Waals surface area contributed by atoms with Gasteiger partial charge in [0.15, 0.2) is 11.6 Å². The second-order valence-corrected chi connectivity index (χ2v) is 6.42. The second-order valence-electron chi connectivity index (χ2n) is 6.42. The highest BCUT2D eigenvalue weighted by molar-refractivity contribution is 6.30. The lowest BCUT2D eigenvalue weighted by Gasteiger charge is -2.27. The third-order valence-corrected chi connectivity index (χ3v) is 4.76. The number of carbonyl (C=O) groups is 2. The first-order chi connectivity index (χ1) is 13.6. The number of carbonyl (C=O) groups excluding carboxylic acids is 2. The Morgan fingerprint density at radius 3 is 1.50 bits per heavy atom. The van der Waals surface area contributed by atoms with E-state index >= 15 is 0 Å². The van der Waals surface area contributed by atoms with Crippen LogP contribution in [0.25, 0.3) is 0 Å². The Hall–Kier alpha value is -3.14. The van der Waals surface area contributed by atoms with Crippen LogP contribution in [0.3, 0.4) is 0 Å². The topological polar surface area (TPSA) is 52.6 Å². The molecule has 0 amide bonds. The second kappa shape index (κ2) is 8.26. The van der Waals surface area contributed by atoms with Crippen molar-refractivity contribution in [3.05, 3.63) is 83.0 Å². The van der Waals surface area contributed by atoms with Gasteiger partial charge in [0, 0.05) is 22.3 Å². The van der Waals surface area contributed by atoms with E-state index in [1.807, 2.05) is 13.8 Å². The summed E-state index contributed by atoms with van der Waals surface area (Å²) in [6, 6.07) is 6.88. The fourth-order valence-corrected chi connectivity index (χ4v) is 3.71. The van der Waals surface area contributed by atoms with Gasteiger partial charge in [0.2, 0.25) is 0 Å². The number of ketones is 2. The molecule has 0 heterocycles. The van der Waals surface area contributed by atoms with Crippen molar-refractivity contribution in [3.63, 3.8) is 0 Å². The number of benzene rings is 2. The van der Waals surface area contributed by atoms with Crippen molar-refractivity contribution in [1.82, 2.24) is 0 Å². The predicted molar refractivity (Wildman–Crippen MR) is 110 cm³/mol. The minimum Gasteiger partial charge on any atom is -0.493 e. The summed E-state index contributed by atoms with van der Waals surface area (Å²) in [6.45, 7) is 12.2. The summed E-state index contributed by atoms with van der Waals surface area (Å²) in [6.07, 6.45) is 4.51. The molecule has 0 unspecified atom stereocenters. The molecule has 0 aromatic heterocycles. The standard InChI is InChI=1S/C24H24O4/c1-5-11-17-18(12-6-2)24(28-8-4)20-19(23(17)27-7-3)21(25)15-13-9-10-14-16(15)22(20)26/h5-6,9-10,13-14H,1-2,7-8,11-12H2,3-4H3. The highest BCUT2D eigenvalue weighted by Gasteiger charge is 2.38. The molecule has 2 aromatic carbocycles. The van der Waals surface area contributed by atoms with Crippen molar-refractivity contribution in [2.45, 2.75) is 26.7 Å².